The second-order valence-electron chi connectivity index (χ2n) is 23.8. The van der Waals surface area contributed by atoms with Gasteiger partial charge in [-0.05, 0) is 164 Å². The molecule has 3 nitrogen and oxygen atoms in total. The predicted molar refractivity (Wildman–Crippen MR) is 337 cm³/mol. The van der Waals surface area contributed by atoms with E-state index in [0.29, 0.717) is 40.9 Å². The second-order valence-corrected chi connectivity index (χ2v) is 23.8. The van der Waals surface area contributed by atoms with E-state index in [1.807, 2.05) is 103 Å². The fourth-order valence-electron chi connectivity index (χ4n) is 12.1. The van der Waals surface area contributed by atoms with Gasteiger partial charge >= 0.3 is 0 Å². The van der Waals surface area contributed by atoms with E-state index in [2.05, 4.69) is 179 Å². The van der Waals surface area contributed by atoms with Crippen LogP contribution in [0.5, 0.6) is 0 Å². The molecule has 398 valence electrons. The number of allylic oxidation sites excluding steroid dienone is 5. The minimum absolute atomic E-state index is 0.0727. The molecule has 0 unspecified atom stereocenters. The molecule has 0 spiro atoms. The molecule has 0 bridgehead atoms. The SMILES string of the molecule is CC(C)(C)c1ccc(N(C2=Cc3c(c4oc5cc(N(c6ccc(C(C)(C)C)cc6)c6cc(C7=CC=CCC7)cc(-c7ccccc7)c6F)ccc5c4c4ccccc34)CC2)c2cc(-c3ccccc3)cc(-c3ccccc3)c2F)cc1. The molecule has 0 aliphatic heterocycles. The Hall–Kier alpha value is -9.06. The molecular weight excluding hydrogens is 995 g/mol. The summed E-state index contributed by atoms with van der Waals surface area (Å²) in [6.07, 6.45) is 11.8. The van der Waals surface area contributed by atoms with Gasteiger partial charge in [0.2, 0.25) is 0 Å². The number of aryl methyl sites for hydroxylation is 1. The van der Waals surface area contributed by atoms with Gasteiger partial charge in [-0.15, -0.1) is 0 Å². The lowest BCUT2D eigenvalue weighted by molar-refractivity contribution is 0.590. The Bertz CT molecular complexity index is 4290. The number of halogens is 2. The van der Waals surface area contributed by atoms with Crippen molar-refractivity contribution in [1.29, 1.82) is 0 Å². The maximum Gasteiger partial charge on any atom is 0.155 e. The number of furan rings is 1. The van der Waals surface area contributed by atoms with Crippen molar-refractivity contribution in [3.63, 3.8) is 0 Å². The third-order valence-electron chi connectivity index (χ3n) is 16.5. The van der Waals surface area contributed by atoms with Gasteiger partial charge < -0.3 is 14.2 Å². The molecule has 0 radical (unpaired) electrons. The Balaban J connectivity index is 1.01. The highest BCUT2D eigenvalue weighted by atomic mass is 19.1. The minimum atomic E-state index is -0.300. The molecule has 0 saturated carbocycles. The molecule has 0 atom stereocenters. The first kappa shape index (κ1) is 51.4. The van der Waals surface area contributed by atoms with Crippen LogP contribution >= 0.6 is 0 Å². The zero-order chi connectivity index (χ0) is 55.6. The van der Waals surface area contributed by atoms with E-state index in [0.717, 1.165) is 102 Å². The van der Waals surface area contributed by atoms with Crippen LogP contribution in [0.1, 0.15) is 88.6 Å². The van der Waals surface area contributed by atoms with Crippen LogP contribution in [0.25, 0.3) is 77.7 Å². The second kappa shape index (κ2) is 20.6. The van der Waals surface area contributed by atoms with Gasteiger partial charge in [0.05, 0.1) is 11.4 Å². The molecule has 1 heterocycles. The standard InChI is InChI=1S/C76H64F2N2O/c1-75(2,3)55-31-35-57(36-32-55)79(68-45-53(49-21-11-7-12-22-49)43-65(72(68)77)51-25-15-9-16-26-51)59-39-41-63-67(47-59)61-29-19-20-30-62(61)71-64-42-40-60(48-70(64)81-74(63)71)80(58-37-33-56(34-38-58)76(4,5)6)69-46-54(50-23-13-8-14-24-50)44-66(73(69)78)52-27-17-10-18-28-52/h7-13,15-23,25-38,40,42-48H,14,24,39,41H2,1-6H3. The summed E-state index contributed by atoms with van der Waals surface area (Å²) in [7, 11) is 0. The lowest BCUT2D eigenvalue weighted by atomic mass is 9.86. The average molecular weight is 1060 g/mol. The Morgan fingerprint density at radius 2 is 0.963 bits per heavy atom. The lowest BCUT2D eigenvalue weighted by Gasteiger charge is -2.32. The number of fused-ring (bicyclic) bond motifs is 8. The number of hydrogen-bond acceptors (Lipinski definition) is 3. The number of hydrogen-bond donors (Lipinski definition) is 0. The quantitative estimate of drug-likeness (QED) is 0.136. The summed E-state index contributed by atoms with van der Waals surface area (Å²) in [6.45, 7) is 13.3. The van der Waals surface area contributed by atoms with Crippen LogP contribution in [-0.4, -0.2) is 0 Å². The minimum Gasteiger partial charge on any atom is -0.456 e. The van der Waals surface area contributed by atoms with Crippen molar-refractivity contribution in [3.05, 3.63) is 270 Å². The van der Waals surface area contributed by atoms with Crippen molar-refractivity contribution in [2.24, 2.45) is 0 Å². The summed E-state index contributed by atoms with van der Waals surface area (Å²) >= 11 is 0. The summed E-state index contributed by atoms with van der Waals surface area (Å²) in [5.74, 6) is -0.586. The summed E-state index contributed by atoms with van der Waals surface area (Å²) < 4.78 is 43.1. The predicted octanol–water partition coefficient (Wildman–Crippen LogP) is 21.9. The Morgan fingerprint density at radius 1 is 0.444 bits per heavy atom. The number of benzene rings is 10. The van der Waals surface area contributed by atoms with E-state index in [1.54, 1.807) is 0 Å². The molecule has 81 heavy (non-hydrogen) atoms. The molecule has 0 saturated heterocycles. The Morgan fingerprint density at radius 3 is 1.54 bits per heavy atom. The molecule has 0 N–H and O–H groups in total. The van der Waals surface area contributed by atoms with Crippen LogP contribution in [0.15, 0.2) is 235 Å². The first-order valence-corrected chi connectivity index (χ1v) is 28.4. The molecule has 11 aromatic rings. The highest BCUT2D eigenvalue weighted by Crippen LogP contribution is 2.49. The fraction of sp³-hybridized carbons (Fsp3) is 0.158. The van der Waals surface area contributed by atoms with Gasteiger partial charge in [0, 0.05) is 56.3 Å². The third kappa shape index (κ3) is 9.55. The Kier molecular flexibility index (Phi) is 13.0. The van der Waals surface area contributed by atoms with Crippen molar-refractivity contribution >= 4 is 72.8 Å². The summed E-state index contributed by atoms with van der Waals surface area (Å²) in [6, 6.07) is 70.2. The molecular formula is C76H64F2N2O. The third-order valence-corrected chi connectivity index (χ3v) is 16.5. The summed E-state index contributed by atoms with van der Waals surface area (Å²) in [5, 5.41) is 4.19. The molecule has 2 aliphatic rings. The largest absolute Gasteiger partial charge is 0.456 e. The van der Waals surface area contributed by atoms with E-state index < -0.39 is 0 Å². The summed E-state index contributed by atoms with van der Waals surface area (Å²) in [5.41, 5.74) is 17.2. The smallest absolute Gasteiger partial charge is 0.155 e. The van der Waals surface area contributed by atoms with Crippen molar-refractivity contribution in [1.82, 2.24) is 0 Å². The van der Waals surface area contributed by atoms with Gasteiger partial charge in [0.15, 0.2) is 11.6 Å². The van der Waals surface area contributed by atoms with Crippen molar-refractivity contribution in [2.75, 3.05) is 9.80 Å². The maximum atomic E-state index is 18.0. The van der Waals surface area contributed by atoms with Crippen molar-refractivity contribution in [2.45, 2.75) is 78.1 Å². The van der Waals surface area contributed by atoms with Crippen molar-refractivity contribution < 1.29 is 13.2 Å². The first-order valence-electron chi connectivity index (χ1n) is 28.4. The number of rotatable bonds is 10. The average Bonchev–Trinajstić information content (AvgIpc) is 4.08. The Labute approximate surface area is 474 Å². The molecule has 0 fully saturated rings. The zero-order valence-electron chi connectivity index (χ0n) is 46.8. The van der Waals surface area contributed by atoms with Gasteiger partial charge in [-0.25, -0.2) is 8.78 Å². The monoisotopic (exact) mass is 1060 g/mol. The molecule has 13 rings (SSSR count). The van der Waals surface area contributed by atoms with Gasteiger partial charge in [0.25, 0.3) is 0 Å². The van der Waals surface area contributed by atoms with Gasteiger partial charge in [-0.1, -0.05) is 199 Å². The van der Waals surface area contributed by atoms with E-state index in [9.17, 15) is 0 Å². The molecule has 2 aliphatic carbocycles. The van der Waals surface area contributed by atoms with Gasteiger partial charge in [-0.2, -0.15) is 0 Å². The zero-order valence-corrected chi connectivity index (χ0v) is 46.8. The molecule has 0 amide bonds. The van der Waals surface area contributed by atoms with Crippen LogP contribution in [0.4, 0.5) is 37.2 Å². The summed E-state index contributed by atoms with van der Waals surface area (Å²) in [4.78, 5) is 4.21. The van der Waals surface area contributed by atoms with E-state index in [4.69, 9.17) is 4.42 Å². The number of anilines is 5. The van der Waals surface area contributed by atoms with Crippen LogP contribution in [-0.2, 0) is 17.3 Å². The van der Waals surface area contributed by atoms with Crippen LogP contribution in [0, 0.1) is 11.6 Å². The molecule has 5 heteroatoms. The van der Waals surface area contributed by atoms with Crippen LogP contribution in [0.2, 0.25) is 0 Å². The first-order chi connectivity index (χ1) is 39.3. The fourth-order valence-corrected chi connectivity index (χ4v) is 12.1. The van der Waals surface area contributed by atoms with Gasteiger partial charge in [0.1, 0.15) is 11.2 Å². The topological polar surface area (TPSA) is 19.6 Å². The maximum absolute atomic E-state index is 18.0. The normalized spacial score (nSPS) is 13.6. The highest BCUT2D eigenvalue weighted by molar-refractivity contribution is 6.22. The van der Waals surface area contributed by atoms with E-state index in [1.165, 1.54) is 16.7 Å². The number of nitrogens with zero attached hydrogens (tertiary/aromatic N) is 2. The van der Waals surface area contributed by atoms with Gasteiger partial charge in [-0.3, -0.25) is 0 Å². The molecule has 10 aromatic carbocycles. The highest BCUT2D eigenvalue weighted by Gasteiger charge is 2.30. The van der Waals surface area contributed by atoms with Crippen LogP contribution < -0.4 is 9.80 Å². The lowest BCUT2D eigenvalue weighted by Crippen LogP contribution is -2.21. The van der Waals surface area contributed by atoms with Crippen LogP contribution in [0.3, 0.4) is 0 Å². The van der Waals surface area contributed by atoms with Crippen molar-refractivity contribution in [3.8, 4) is 33.4 Å². The molecule has 1 aromatic heterocycles. The van der Waals surface area contributed by atoms with E-state index in [-0.39, 0.29) is 22.5 Å². The van der Waals surface area contributed by atoms with E-state index >= 15 is 8.78 Å².